The van der Waals surface area contributed by atoms with E-state index in [0.29, 0.717) is 17.8 Å². The molecule has 0 spiro atoms. The molecular formula is C18H20BN5O5. The molecule has 1 aromatic carbocycles. The van der Waals surface area contributed by atoms with Gasteiger partial charge in [0.2, 0.25) is 0 Å². The summed E-state index contributed by atoms with van der Waals surface area (Å²) in [5.74, 6) is 0.282. The summed E-state index contributed by atoms with van der Waals surface area (Å²) >= 11 is 0. The fraction of sp³-hybridized carbons (Fsp3) is 0.389. The summed E-state index contributed by atoms with van der Waals surface area (Å²) in [5.41, 5.74) is 9.05. The van der Waals surface area contributed by atoms with Crippen molar-refractivity contribution >= 4 is 24.3 Å². The number of nitrogen functional groups attached to an aromatic ring is 1. The first-order chi connectivity index (χ1) is 14.2. The molecule has 1 unspecified atom stereocenters. The molecule has 150 valence electrons. The van der Waals surface area contributed by atoms with E-state index in [-0.39, 0.29) is 12.4 Å². The zero-order valence-electron chi connectivity index (χ0n) is 15.7. The maximum atomic E-state index is 9.74. The van der Waals surface area contributed by atoms with Crippen molar-refractivity contribution in [1.29, 1.82) is 0 Å². The minimum Gasteiger partial charge on any atom is -0.394 e. The lowest BCUT2D eigenvalue weighted by Gasteiger charge is -2.19. The molecule has 0 saturated carbocycles. The highest BCUT2D eigenvalue weighted by Crippen LogP contribution is 2.39. The van der Waals surface area contributed by atoms with E-state index in [9.17, 15) is 5.11 Å². The first kappa shape index (κ1) is 18.5. The van der Waals surface area contributed by atoms with Gasteiger partial charge in [-0.2, -0.15) is 0 Å². The quantitative estimate of drug-likeness (QED) is 0.595. The Morgan fingerprint density at radius 3 is 2.86 bits per heavy atom. The monoisotopic (exact) mass is 397 g/mol. The Hall–Kier alpha value is -2.57. The minimum absolute atomic E-state index is 0.213. The Morgan fingerprint density at radius 2 is 2.03 bits per heavy atom. The van der Waals surface area contributed by atoms with Crippen LogP contribution in [0.15, 0.2) is 36.9 Å². The van der Waals surface area contributed by atoms with Gasteiger partial charge in [0.15, 0.2) is 17.7 Å². The van der Waals surface area contributed by atoms with Crippen molar-refractivity contribution in [1.82, 2.24) is 19.5 Å². The second kappa shape index (κ2) is 7.36. The van der Waals surface area contributed by atoms with Crippen LogP contribution in [0.2, 0.25) is 0 Å². The largest absolute Gasteiger partial charge is 0.640 e. The highest BCUT2D eigenvalue weighted by Gasteiger charge is 2.56. The number of benzene rings is 1. The predicted molar refractivity (Wildman–Crippen MR) is 102 cm³/mol. The smallest absolute Gasteiger partial charge is 0.394 e. The molecule has 2 saturated heterocycles. The number of ether oxygens (including phenoxy) is 1. The summed E-state index contributed by atoms with van der Waals surface area (Å²) in [6.45, 7) is 2.16. The van der Waals surface area contributed by atoms with Crippen LogP contribution in [0.25, 0.3) is 11.2 Å². The number of nitrogens with zero attached hydrogens (tertiary/aromatic N) is 4. The molecule has 3 aromatic rings. The van der Waals surface area contributed by atoms with Crippen LogP contribution in [-0.2, 0) is 25.3 Å². The van der Waals surface area contributed by atoms with Crippen LogP contribution in [0, 0.1) is 6.92 Å². The Bertz CT molecular complexity index is 1030. The third-order valence-electron chi connectivity index (χ3n) is 5.30. The van der Waals surface area contributed by atoms with Gasteiger partial charge in [0, 0.05) is 0 Å². The molecule has 0 amide bonds. The normalized spacial score (nSPS) is 26.3. The number of aryl methyl sites for hydroxylation is 1. The second-order valence-electron chi connectivity index (χ2n) is 7.06. The van der Waals surface area contributed by atoms with Crippen molar-refractivity contribution in [2.24, 2.45) is 0 Å². The maximum Gasteiger partial charge on any atom is 0.640 e. The van der Waals surface area contributed by atoms with Crippen LogP contribution in [0.4, 0.5) is 5.82 Å². The van der Waals surface area contributed by atoms with Gasteiger partial charge in [0.05, 0.1) is 19.5 Å². The minimum atomic E-state index is -0.862. The predicted octanol–water partition coefficient (Wildman–Crippen LogP) is 0.592. The Labute approximate surface area is 166 Å². The molecule has 11 heteroatoms. The molecule has 2 aromatic heterocycles. The lowest BCUT2D eigenvalue weighted by atomic mass is 10.1. The fourth-order valence-electron chi connectivity index (χ4n) is 3.74. The molecular weight excluding hydrogens is 377 g/mol. The lowest BCUT2D eigenvalue weighted by Crippen LogP contribution is -2.31. The molecule has 3 N–H and O–H groups in total. The van der Waals surface area contributed by atoms with E-state index in [0.717, 1.165) is 11.1 Å². The van der Waals surface area contributed by atoms with Crippen LogP contribution in [0.5, 0.6) is 0 Å². The number of imidazole rings is 1. The van der Waals surface area contributed by atoms with Gasteiger partial charge in [0.25, 0.3) is 0 Å². The highest BCUT2D eigenvalue weighted by molar-refractivity contribution is 6.37. The van der Waals surface area contributed by atoms with Crippen LogP contribution >= 0.6 is 0 Å². The van der Waals surface area contributed by atoms with E-state index in [1.54, 1.807) is 10.9 Å². The summed E-state index contributed by atoms with van der Waals surface area (Å²) in [7, 11) is -0.862. The maximum absolute atomic E-state index is 9.74. The molecule has 10 nitrogen and oxygen atoms in total. The standard InChI is InChI=1S/C18H20BN5O5/c1-10-4-2-3-5-11(10)7-26-19-28-14-12(6-25)27-18(15(14)29-19)24-9-23-13-16(20)21-8-22-17(13)24/h2-5,8-9,12,14-15,18,25H,6-7H2,1H3,(H2,20,21,22)/t12-,14?,15+,18-/m1/s1. The van der Waals surface area contributed by atoms with E-state index in [1.165, 1.54) is 6.33 Å². The SMILES string of the molecule is Cc1ccccc1COB1OC2[C@@H](CO)O[C@@H](n3cnc4c(N)ncnc43)[C@H]2O1. The molecule has 0 bridgehead atoms. The number of hydrogen-bond acceptors (Lipinski definition) is 9. The lowest BCUT2D eigenvalue weighted by molar-refractivity contribution is -0.0652. The molecule has 29 heavy (non-hydrogen) atoms. The number of aromatic nitrogens is 4. The highest BCUT2D eigenvalue weighted by atomic mass is 16.8. The molecule has 5 rings (SSSR count). The van der Waals surface area contributed by atoms with Crippen LogP contribution in [0.3, 0.4) is 0 Å². The molecule has 2 aliphatic heterocycles. The van der Waals surface area contributed by atoms with Crippen LogP contribution in [-0.4, -0.2) is 56.9 Å². The average molecular weight is 397 g/mol. The third-order valence-corrected chi connectivity index (χ3v) is 5.30. The molecule has 4 atom stereocenters. The first-order valence-corrected chi connectivity index (χ1v) is 9.32. The van der Waals surface area contributed by atoms with Crippen molar-refractivity contribution in [3.8, 4) is 0 Å². The van der Waals surface area contributed by atoms with Gasteiger partial charge in [-0.25, -0.2) is 15.0 Å². The molecule has 0 aliphatic carbocycles. The van der Waals surface area contributed by atoms with E-state index < -0.39 is 31.9 Å². The van der Waals surface area contributed by atoms with Gasteiger partial charge in [-0.15, -0.1) is 0 Å². The third kappa shape index (κ3) is 3.16. The number of aliphatic hydroxyl groups is 1. The van der Waals surface area contributed by atoms with E-state index in [2.05, 4.69) is 15.0 Å². The average Bonchev–Trinajstić information content (AvgIpc) is 3.41. The van der Waals surface area contributed by atoms with Crippen molar-refractivity contribution in [3.05, 3.63) is 48.0 Å². The van der Waals surface area contributed by atoms with Gasteiger partial charge in [-0.1, -0.05) is 24.3 Å². The van der Waals surface area contributed by atoms with Gasteiger partial charge in [-0.05, 0) is 18.1 Å². The van der Waals surface area contributed by atoms with Crippen LogP contribution < -0.4 is 5.73 Å². The zero-order chi connectivity index (χ0) is 20.0. The summed E-state index contributed by atoms with van der Waals surface area (Å²) in [4.78, 5) is 12.5. The molecule has 2 aliphatic rings. The van der Waals surface area contributed by atoms with E-state index >= 15 is 0 Å². The number of hydrogen-bond donors (Lipinski definition) is 2. The summed E-state index contributed by atoms with van der Waals surface area (Å²) in [6, 6.07) is 7.95. The van der Waals surface area contributed by atoms with Crippen molar-refractivity contribution in [2.75, 3.05) is 12.3 Å². The summed E-state index contributed by atoms with van der Waals surface area (Å²) < 4.78 is 25.4. The van der Waals surface area contributed by atoms with E-state index in [1.807, 2.05) is 31.2 Å². The Balaban J connectivity index is 1.36. The summed E-state index contributed by atoms with van der Waals surface area (Å²) in [5, 5.41) is 9.74. The number of anilines is 1. The van der Waals surface area contributed by atoms with Crippen molar-refractivity contribution in [2.45, 2.75) is 38.1 Å². The van der Waals surface area contributed by atoms with Gasteiger partial charge < -0.3 is 29.5 Å². The number of fused-ring (bicyclic) bond motifs is 2. The van der Waals surface area contributed by atoms with Crippen LogP contribution in [0.1, 0.15) is 17.4 Å². The van der Waals surface area contributed by atoms with Gasteiger partial charge in [-0.3, -0.25) is 4.57 Å². The fourth-order valence-corrected chi connectivity index (χ4v) is 3.74. The number of rotatable bonds is 5. The van der Waals surface area contributed by atoms with E-state index in [4.69, 9.17) is 24.4 Å². The molecule has 0 radical (unpaired) electrons. The second-order valence-corrected chi connectivity index (χ2v) is 7.06. The number of aliphatic hydroxyl groups excluding tert-OH is 1. The topological polar surface area (TPSA) is 127 Å². The number of nitrogens with two attached hydrogens (primary N) is 1. The summed E-state index contributed by atoms with van der Waals surface area (Å²) in [6.07, 6.45) is 0.803. The van der Waals surface area contributed by atoms with Crippen molar-refractivity contribution < 1.29 is 23.8 Å². The molecule has 4 heterocycles. The van der Waals surface area contributed by atoms with Crippen molar-refractivity contribution in [3.63, 3.8) is 0 Å². The Morgan fingerprint density at radius 1 is 1.21 bits per heavy atom. The van der Waals surface area contributed by atoms with Gasteiger partial charge >= 0.3 is 7.32 Å². The zero-order valence-corrected chi connectivity index (χ0v) is 15.7. The van der Waals surface area contributed by atoms with Gasteiger partial charge in [0.1, 0.15) is 30.2 Å². The molecule has 2 fully saturated rings. The first-order valence-electron chi connectivity index (χ1n) is 9.32. The Kier molecular flexibility index (Phi) is 4.68.